The van der Waals surface area contributed by atoms with Crippen LogP contribution >= 0.6 is 0 Å². The molecule has 0 fully saturated rings. The van der Waals surface area contributed by atoms with Gasteiger partial charge in [0.05, 0.1) is 22.1 Å². The zero-order chi connectivity index (χ0) is 34.3. The third-order valence-electron chi connectivity index (χ3n) is 11.0. The molecule has 52 heavy (non-hydrogen) atoms. The van der Waals surface area contributed by atoms with Gasteiger partial charge in [0.25, 0.3) is 0 Å². The number of aromatic nitrogens is 3. The van der Waals surface area contributed by atoms with Crippen LogP contribution in [0.2, 0.25) is 0 Å². The zero-order valence-electron chi connectivity index (χ0n) is 28.7. The Kier molecular flexibility index (Phi) is 6.17. The van der Waals surface area contributed by atoms with Gasteiger partial charge < -0.3 is 13.7 Å². The van der Waals surface area contributed by atoms with E-state index in [9.17, 15) is 0 Å². The molecule has 3 heteroatoms. The van der Waals surface area contributed by atoms with Crippen LogP contribution in [0.4, 0.5) is 0 Å². The summed E-state index contributed by atoms with van der Waals surface area (Å²) in [5.41, 5.74) is 14.5. The Morgan fingerprint density at radius 1 is 0.269 bits per heavy atom. The maximum absolute atomic E-state index is 2.39. The highest BCUT2D eigenvalue weighted by molar-refractivity contribution is 6.13. The Bertz CT molecular complexity index is 2960. The average molecular weight is 664 g/mol. The Labute approximate surface area is 300 Å². The molecule has 0 saturated carbocycles. The summed E-state index contributed by atoms with van der Waals surface area (Å²) in [6, 6.07) is 66.6. The van der Waals surface area contributed by atoms with E-state index in [1.165, 1.54) is 99.0 Å². The van der Waals surface area contributed by atoms with Gasteiger partial charge in [-0.05, 0) is 95.1 Å². The molecule has 0 unspecified atom stereocenters. The summed E-state index contributed by atoms with van der Waals surface area (Å²) in [5, 5.41) is 7.60. The molecule has 3 aromatic heterocycles. The van der Waals surface area contributed by atoms with E-state index in [-0.39, 0.29) is 0 Å². The average Bonchev–Trinajstić information content (AvgIpc) is 3.82. The second-order valence-electron chi connectivity index (χ2n) is 13.9. The van der Waals surface area contributed by atoms with Crippen LogP contribution in [0.1, 0.15) is 0 Å². The third kappa shape index (κ3) is 4.20. The lowest BCUT2D eigenvalue weighted by atomic mass is 9.99. The number of rotatable bonds is 4. The summed E-state index contributed by atoms with van der Waals surface area (Å²) in [7, 11) is 2.18. The first-order valence-electron chi connectivity index (χ1n) is 17.9. The first-order chi connectivity index (χ1) is 25.7. The van der Waals surface area contributed by atoms with Crippen molar-refractivity contribution >= 4 is 65.4 Å². The molecule has 0 bridgehead atoms. The van der Waals surface area contributed by atoms with Crippen molar-refractivity contribution in [2.24, 2.45) is 7.05 Å². The van der Waals surface area contributed by atoms with Crippen LogP contribution in [0.3, 0.4) is 0 Å². The van der Waals surface area contributed by atoms with Crippen molar-refractivity contribution in [1.82, 2.24) is 13.7 Å². The van der Waals surface area contributed by atoms with Gasteiger partial charge in [-0.1, -0.05) is 109 Å². The number of para-hydroxylation sites is 4. The minimum atomic E-state index is 1.17. The number of aryl methyl sites for hydroxylation is 1. The molecule has 0 N–H and O–H groups in total. The lowest BCUT2D eigenvalue weighted by Gasteiger charge is -2.09. The summed E-state index contributed by atoms with van der Waals surface area (Å²) in [5.74, 6) is 0. The van der Waals surface area contributed by atoms with Crippen LogP contribution in [-0.2, 0) is 7.05 Å². The van der Waals surface area contributed by atoms with Crippen LogP contribution in [0.15, 0.2) is 182 Å². The van der Waals surface area contributed by atoms with Crippen LogP contribution < -0.4 is 0 Å². The van der Waals surface area contributed by atoms with Crippen molar-refractivity contribution in [2.75, 3.05) is 0 Å². The third-order valence-corrected chi connectivity index (χ3v) is 11.0. The molecule has 3 heterocycles. The monoisotopic (exact) mass is 663 g/mol. The van der Waals surface area contributed by atoms with E-state index >= 15 is 0 Å². The standard InChI is InChI=1S/C49H33N3/c1-50-44-26-22-32(34-20-24-40-38-16-8-10-18-46(38)51(48(40)30-34)36-12-4-2-5-13-36)28-42(44)43-29-33(23-27-45(43)50)35-21-25-41-39-17-9-11-19-47(39)52(49(41)31-35)37-14-6-3-7-15-37/h2-31H,1H3. The fourth-order valence-electron chi connectivity index (χ4n) is 8.59. The molecule has 3 nitrogen and oxygen atoms in total. The maximum Gasteiger partial charge on any atom is 0.0547 e. The number of benzene rings is 8. The molecule has 11 rings (SSSR count). The van der Waals surface area contributed by atoms with Crippen molar-refractivity contribution in [3.63, 3.8) is 0 Å². The van der Waals surface area contributed by atoms with Crippen LogP contribution in [0.5, 0.6) is 0 Å². The van der Waals surface area contributed by atoms with E-state index in [4.69, 9.17) is 0 Å². The zero-order valence-corrected chi connectivity index (χ0v) is 28.7. The highest BCUT2D eigenvalue weighted by Gasteiger charge is 2.17. The highest BCUT2D eigenvalue weighted by atomic mass is 15.0. The van der Waals surface area contributed by atoms with Gasteiger partial charge >= 0.3 is 0 Å². The van der Waals surface area contributed by atoms with Crippen molar-refractivity contribution < 1.29 is 0 Å². The van der Waals surface area contributed by atoms with Gasteiger partial charge in [-0.2, -0.15) is 0 Å². The SMILES string of the molecule is Cn1c2ccc(-c3ccc4c5ccccc5n(-c5ccccc5)c4c3)cc2c2cc(-c3ccc4c5ccccc5n(-c5ccccc5)c4c3)ccc21. The van der Waals surface area contributed by atoms with Crippen molar-refractivity contribution in [3.8, 4) is 33.6 Å². The predicted octanol–water partition coefficient (Wildman–Crippen LogP) is 12.9. The van der Waals surface area contributed by atoms with Gasteiger partial charge in [-0.25, -0.2) is 0 Å². The minimum absolute atomic E-state index is 1.17. The van der Waals surface area contributed by atoms with Crippen molar-refractivity contribution in [1.29, 1.82) is 0 Å². The quantitative estimate of drug-likeness (QED) is 0.178. The van der Waals surface area contributed by atoms with Crippen LogP contribution in [0.25, 0.3) is 99.0 Å². The lowest BCUT2D eigenvalue weighted by Crippen LogP contribution is -1.93. The Morgan fingerprint density at radius 3 is 1.10 bits per heavy atom. The molecule has 0 aliphatic carbocycles. The molecule has 8 aromatic carbocycles. The normalized spacial score (nSPS) is 11.9. The van der Waals surface area contributed by atoms with Crippen LogP contribution in [0, 0.1) is 0 Å². The lowest BCUT2D eigenvalue weighted by molar-refractivity contribution is 1.01. The van der Waals surface area contributed by atoms with Gasteiger partial charge in [0.2, 0.25) is 0 Å². The fourth-order valence-corrected chi connectivity index (χ4v) is 8.59. The number of hydrogen-bond acceptors (Lipinski definition) is 0. The molecule has 0 spiro atoms. The summed E-state index contributed by atoms with van der Waals surface area (Å²) in [4.78, 5) is 0. The summed E-state index contributed by atoms with van der Waals surface area (Å²) in [6.07, 6.45) is 0. The molecule has 11 aromatic rings. The molecule has 0 amide bonds. The van der Waals surface area contributed by atoms with Gasteiger partial charge in [0, 0.05) is 61.8 Å². The van der Waals surface area contributed by atoms with Crippen molar-refractivity contribution in [3.05, 3.63) is 182 Å². The minimum Gasteiger partial charge on any atom is -0.344 e. The first kappa shape index (κ1) is 28.9. The van der Waals surface area contributed by atoms with Gasteiger partial charge in [0.1, 0.15) is 0 Å². The summed E-state index contributed by atoms with van der Waals surface area (Å²) < 4.78 is 7.11. The van der Waals surface area contributed by atoms with E-state index < -0.39 is 0 Å². The molecule has 244 valence electrons. The molecular formula is C49H33N3. The van der Waals surface area contributed by atoms with E-state index in [2.05, 4.69) is 203 Å². The Hall–Kier alpha value is -6.84. The van der Waals surface area contributed by atoms with Crippen LogP contribution in [-0.4, -0.2) is 13.7 Å². The summed E-state index contributed by atoms with van der Waals surface area (Å²) >= 11 is 0. The molecule has 0 radical (unpaired) electrons. The van der Waals surface area contributed by atoms with Gasteiger partial charge in [-0.3, -0.25) is 0 Å². The first-order valence-corrected chi connectivity index (χ1v) is 17.9. The summed E-state index contributed by atoms with van der Waals surface area (Å²) in [6.45, 7) is 0. The van der Waals surface area contributed by atoms with E-state index in [0.717, 1.165) is 0 Å². The number of fused-ring (bicyclic) bond motifs is 9. The molecule has 0 atom stereocenters. The van der Waals surface area contributed by atoms with E-state index in [0.29, 0.717) is 0 Å². The fraction of sp³-hybridized carbons (Fsp3) is 0.0204. The second kappa shape index (κ2) is 11.1. The molecular weight excluding hydrogens is 631 g/mol. The van der Waals surface area contributed by atoms with E-state index in [1.807, 2.05) is 0 Å². The maximum atomic E-state index is 2.39. The molecule has 0 saturated heterocycles. The molecule has 0 aliphatic heterocycles. The van der Waals surface area contributed by atoms with Gasteiger partial charge in [0.15, 0.2) is 0 Å². The highest BCUT2D eigenvalue weighted by Crippen LogP contribution is 2.39. The second-order valence-corrected chi connectivity index (χ2v) is 13.9. The van der Waals surface area contributed by atoms with E-state index in [1.54, 1.807) is 0 Å². The Balaban J connectivity index is 1.08. The smallest absolute Gasteiger partial charge is 0.0547 e. The van der Waals surface area contributed by atoms with Crippen molar-refractivity contribution in [2.45, 2.75) is 0 Å². The predicted molar refractivity (Wildman–Crippen MR) is 220 cm³/mol. The number of hydrogen-bond donors (Lipinski definition) is 0. The largest absolute Gasteiger partial charge is 0.344 e. The Morgan fingerprint density at radius 2 is 0.635 bits per heavy atom. The van der Waals surface area contributed by atoms with Gasteiger partial charge in [-0.15, -0.1) is 0 Å². The topological polar surface area (TPSA) is 14.8 Å². The number of nitrogens with zero attached hydrogens (tertiary/aromatic N) is 3. The molecule has 0 aliphatic rings.